The van der Waals surface area contributed by atoms with Gasteiger partial charge >= 0.3 is 0 Å². The molecule has 0 fully saturated rings. The molecule has 0 heterocycles. The lowest BCUT2D eigenvalue weighted by Crippen LogP contribution is -2.47. The minimum atomic E-state index is -0.786. The monoisotopic (exact) mass is 411 g/mol. The van der Waals surface area contributed by atoms with Crippen molar-refractivity contribution in [3.63, 3.8) is 0 Å². The summed E-state index contributed by atoms with van der Waals surface area (Å²) in [5.74, 6) is -0.0245. The van der Waals surface area contributed by atoms with Gasteiger partial charge in [0.15, 0.2) is 6.10 Å². The standard InChI is InChI=1S/C23H29N3O4/c1-5-6-21(27)24-19-11-7-18(8-12-19)23(29)26-25-22(28)16(4)30-20-13-9-17(10-14-20)15(2)3/h7-16H,5-6H2,1-4H3,(H,24,27)(H,25,28)(H,26,29). The molecule has 0 aliphatic heterocycles. The van der Waals surface area contributed by atoms with Crippen molar-refractivity contribution in [1.82, 2.24) is 10.9 Å². The molecule has 0 radical (unpaired) electrons. The molecule has 2 aromatic carbocycles. The van der Waals surface area contributed by atoms with E-state index in [1.165, 1.54) is 5.56 Å². The Morgan fingerprint density at radius 3 is 2.10 bits per heavy atom. The zero-order valence-electron chi connectivity index (χ0n) is 17.8. The summed E-state index contributed by atoms with van der Waals surface area (Å²) < 4.78 is 5.62. The first kappa shape index (κ1) is 22.9. The van der Waals surface area contributed by atoms with Crippen molar-refractivity contribution in [3.8, 4) is 5.75 Å². The van der Waals surface area contributed by atoms with Crippen LogP contribution in [0.2, 0.25) is 0 Å². The maximum absolute atomic E-state index is 12.2. The molecule has 30 heavy (non-hydrogen) atoms. The second kappa shape index (κ2) is 11.0. The Hall–Kier alpha value is -3.35. The van der Waals surface area contributed by atoms with E-state index in [0.29, 0.717) is 29.3 Å². The van der Waals surface area contributed by atoms with Crippen molar-refractivity contribution in [2.45, 2.75) is 52.6 Å². The fourth-order valence-electron chi connectivity index (χ4n) is 2.64. The van der Waals surface area contributed by atoms with Crippen LogP contribution in [0.1, 0.15) is 62.4 Å². The third kappa shape index (κ3) is 6.92. The molecule has 0 aliphatic rings. The van der Waals surface area contributed by atoms with Crippen LogP contribution in [0.4, 0.5) is 5.69 Å². The molecule has 0 spiro atoms. The van der Waals surface area contributed by atoms with E-state index in [1.54, 1.807) is 31.2 Å². The fourth-order valence-corrected chi connectivity index (χ4v) is 2.64. The van der Waals surface area contributed by atoms with Crippen molar-refractivity contribution in [3.05, 3.63) is 59.7 Å². The van der Waals surface area contributed by atoms with Gasteiger partial charge in [0.25, 0.3) is 11.8 Å². The lowest BCUT2D eigenvalue weighted by molar-refractivity contribution is -0.128. The van der Waals surface area contributed by atoms with Crippen LogP contribution in [0.5, 0.6) is 5.75 Å². The van der Waals surface area contributed by atoms with Gasteiger partial charge in [-0.1, -0.05) is 32.9 Å². The molecule has 3 N–H and O–H groups in total. The van der Waals surface area contributed by atoms with Gasteiger partial charge in [0.1, 0.15) is 5.75 Å². The molecule has 0 saturated heterocycles. The van der Waals surface area contributed by atoms with Crippen LogP contribution in [0.25, 0.3) is 0 Å². The van der Waals surface area contributed by atoms with Crippen LogP contribution in [-0.4, -0.2) is 23.8 Å². The van der Waals surface area contributed by atoms with E-state index in [0.717, 1.165) is 6.42 Å². The van der Waals surface area contributed by atoms with E-state index >= 15 is 0 Å². The van der Waals surface area contributed by atoms with Crippen molar-refractivity contribution in [2.24, 2.45) is 0 Å². The summed E-state index contributed by atoms with van der Waals surface area (Å²) in [6.07, 6.45) is 0.416. The summed E-state index contributed by atoms with van der Waals surface area (Å²) in [7, 11) is 0. The van der Waals surface area contributed by atoms with E-state index in [2.05, 4.69) is 30.0 Å². The Bertz CT molecular complexity index is 861. The number of rotatable bonds is 8. The molecule has 0 aliphatic carbocycles. The van der Waals surface area contributed by atoms with Crippen LogP contribution >= 0.6 is 0 Å². The number of carbonyl (C=O) groups excluding carboxylic acids is 3. The highest BCUT2D eigenvalue weighted by molar-refractivity contribution is 5.97. The predicted octanol–water partition coefficient (Wildman–Crippen LogP) is 3.78. The highest BCUT2D eigenvalue weighted by Crippen LogP contribution is 2.19. The Labute approximate surface area is 177 Å². The number of hydrazine groups is 1. The Kier molecular flexibility index (Phi) is 8.41. The molecule has 2 aromatic rings. The van der Waals surface area contributed by atoms with Gasteiger partial charge in [-0.15, -0.1) is 0 Å². The van der Waals surface area contributed by atoms with Gasteiger partial charge < -0.3 is 10.1 Å². The molecule has 3 amide bonds. The SMILES string of the molecule is CCCC(=O)Nc1ccc(C(=O)NNC(=O)C(C)Oc2ccc(C(C)C)cc2)cc1. The van der Waals surface area contributed by atoms with E-state index in [4.69, 9.17) is 4.74 Å². The quantitative estimate of drug-likeness (QED) is 0.576. The van der Waals surface area contributed by atoms with E-state index in [1.807, 2.05) is 31.2 Å². The number of hydrogen-bond acceptors (Lipinski definition) is 4. The number of ether oxygens (including phenoxy) is 1. The van der Waals surface area contributed by atoms with Gasteiger partial charge in [-0.2, -0.15) is 0 Å². The minimum absolute atomic E-state index is 0.0743. The molecule has 7 nitrogen and oxygen atoms in total. The van der Waals surface area contributed by atoms with Crippen molar-refractivity contribution >= 4 is 23.4 Å². The zero-order valence-corrected chi connectivity index (χ0v) is 17.8. The molecule has 0 aromatic heterocycles. The normalized spacial score (nSPS) is 11.5. The van der Waals surface area contributed by atoms with Crippen molar-refractivity contribution in [1.29, 1.82) is 0 Å². The molecule has 1 unspecified atom stereocenters. The number of amides is 3. The second-order valence-electron chi connectivity index (χ2n) is 7.30. The van der Waals surface area contributed by atoms with Crippen LogP contribution in [0.15, 0.2) is 48.5 Å². The molecule has 160 valence electrons. The molecular formula is C23H29N3O4. The van der Waals surface area contributed by atoms with Gasteiger partial charge in [-0.25, -0.2) is 0 Å². The summed E-state index contributed by atoms with van der Waals surface area (Å²) in [6.45, 7) is 7.73. The average molecular weight is 412 g/mol. The maximum Gasteiger partial charge on any atom is 0.279 e. The number of nitrogens with one attached hydrogen (secondary N) is 3. The number of benzene rings is 2. The van der Waals surface area contributed by atoms with Crippen LogP contribution in [0, 0.1) is 0 Å². The fraction of sp³-hybridized carbons (Fsp3) is 0.348. The Morgan fingerprint density at radius 2 is 1.53 bits per heavy atom. The topological polar surface area (TPSA) is 96.5 Å². The van der Waals surface area contributed by atoms with Crippen molar-refractivity contribution in [2.75, 3.05) is 5.32 Å². The van der Waals surface area contributed by atoms with Crippen LogP contribution in [-0.2, 0) is 9.59 Å². The minimum Gasteiger partial charge on any atom is -0.481 e. The van der Waals surface area contributed by atoms with Gasteiger partial charge in [0.05, 0.1) is 0 Å². The third-order valence-electron chi connectivity index (χ3n) is 4.44. The highest BCUT2D eigenvalue weighted by atomic mass is 16.5. The molecule has 0 bridgehead atoms. The molecule has 0 saturated carbocycles. The third-order valence-corrected chi connectivity index (χ3v) is 4.44. The summed E-state index contributed by atoms with van der Waals surface area (Å²) in [5, 5.41) is 2.75. The van der Waals surface area contributed by atoms with Gasteiger partial charge in [0, 0.05) is 17.7 Å². The van der Waals surface area contributed by atoms with Crippen molar-refractivity contribution < 1.29 is 19.1 Å². The Morgan fingerprint density at radius 1 is 0.900 bits per heavy atom. The summed E-state index contributed by atoms with van der Waals surface area (Å²) in [5.41, 5.74) is 6.87. The van der Waals surface area contributed by atoms with E-state index in [-0.39, 0.29) is 5.91 Å². The van der Waals surface area contributed by atoms with E-state index in [9.17, 15) is 14.4 Å². The largest absolute Gasteiger partial charge is 0.481 e. The second-order valence-corrected chi connectivity index (χ2v) is 7.30. The Balaban J connectivity index is 1.83. The van der Waals surface area contributed by atoms with Gasteiger partial charge in [-0.05, 0) is 61.2 Å². The molecule has 1 atom stereocenters. The highest BCUT2D eigenvalue weighted by Gasteiger charge is 2.16. The number of hydrogen-bond donors (Lipinski definition) is 3. The average Bonchev–Trinajstić information content (AvgIpc) is 2.72. The first-order chi connectivity index (χ1) is 14.3. The van der Waals surface area contributed by atoms with Gasteiger partial charge in [-0.3, -0.25) is 25.2 Å². The number of anilines is 1. The maximum atomic E-state index is 12.2. The van der Waals surface area contributed by atoms with Gasteiger partial charge in [0.2, 0.25) is 5.91 Å². The van der Waals surface area contributed by atoms with Crippen LogP contribution in [0.3, 0.4) is 0 Å². The summed E-state index contributed by atoms with van der Waals surface area (Å²) in [6, 6.07) is 14.0. The van der Waals surface area contributed by atoms with E-state index < -0.39 is 17.9 Å². The first-order valence-corrected chi connectivity index (χ1v) is 10.1. The molecule has 7 heteroatoms. The number of carbonyl (C=O) groups is 3. The summed E-state index contributed by atoms with van der Waals surface area (Å²) in [4.78, 5) is 36.0. The zero-order chi connectivity index (χ0) is 22.1. The van der Waals surface area contributed by atoms with Crippen LogP contribution < -0.4 is 20.9 Å². The lowest BCUT2D eigenvalue weighted by Gasteiger charge is -2.16. The predicted molar refractivity (Wildman–Crippen MR) is 116 cm³/mol. The lowest BCUT2D eigenvalue weighted by atomic mass is 10.0. The molecule has 2 rings (SSSR count). The summed E-state index contributed by atoms with van der Waals surface area (Å²) >= 11 is 0. The molecular weight excluding hydrogens is 382 g/mol. The first-order valence-electron chi connectivity index (χ1n) is 10.1. The smallest absolute Gasteiger partial charge is 0.279 e.